The van der Waals surface area contributed by atoms with Gasteiger partial charge in [-0.1, -0.05) is 6.92 Å². The van der Waals surface area contributed by atoms with E-state index in [-0.39, 0.29) is 5.56 Å². The van der Waals surface area contributed by atoms with Crippen molar-refractivity contribution in [2.24, 2.45) is 0 Å². The minimum absolute atomic E-state index is 0.148. The van der Waals surface area contributed by atoms with Crippen molar-refractivity contribution in [3.63, 3.8) is 0 Å². The number of anilines is 1. The molecule has 21 heavy (non-hydrogen) atoms. The molecule has 1 aromatic heterocycles. The maximum atomic E-state index is 12.5. The van der Waals surface area contributed by atoms with Crippen molar-refractivity contribution in [1.29, 1.82) is 0 Å². The summed E-state index contributed by atoms with van der Waals surface area (Å²) < 4.78 is 37.6. The molecule has 0 radical (unpaired) electrons. The normalized spacial score (nSPS) is 11.6. The van der Waals surface area contributed by atoms with Crippen molar-refractivity contribution < 1.29 is 18.0 Å². The fourth-order valence-corrected chi connectivity index (χ4v) is 1.73. The number of nitrogens with zero attached hydrogens (tertiary/aromatic N) is 2. The molecule has 0 spiro atoms. The number of pyridine rings is 1. The van der Waals surface area contributed by atoms with E-state index >= 15 is 0 Å². The van der Waals surface area contributed by atoms with E-state index in [1.165, 1.54) is 12.3 Å². The summed E-state index contributed by atoms with van der Waals surface area (Å²) in [5.74, 6) is -0.0721. The van der Waals surface area contributed by atoms with Gasteiger partial charge in [-0.3, -0.25) is 4.79 Å². The summed E-state index contributed by atoms with van der Waals surface area (Å²) in [5.41, 5.74) is 0.148. The number of rotatable bonds is 6. The van der Waals surface area contributed by atoms with Gasteiger partial charge in [-0.25, -0.2) is 4.98 Å². The van der Waals surface area contributed by atoms with Crippen LogP contribution in [0.5, 0.6) is 0 Å². The number of nitrogens with one attached hydrogen (secondary N) is 1. The van der Waals surface area contributed by atoms with Gasteiger partial charge in [-0.05, 0) is 32.4 Å². The molecule has 0 bridgehead atoms. The van der Waals surface area contributed by atoms with Crippen LogP contribution in [0.15, 0.2) is 18.3 Å². The topological polar surface area (TPSA) is 45.2 Å². The molecule has 4 nitrogen and oxygen atoms in total. The van der Waals surface area contributed by atoms with Gasteiger partial charge < -0.3 is 10.2 Å². The number of amides is 1. The Morgan fingerprint density at radius 1 is 1.38 bits per heavy atom. The minimum atomic E-state index is -4.42. The van der Waals surface area contributed by atoms with Crippen LogP contribution in [0.25, 0.3) is 0 Å². The molecule has 0 aliphatic rings. The Hall–Kier alpha value is -1.79. The first-order valence-electron chi connectivity index (χ1n) is 6.82. The second-order valence-corrected chi connectivity index (χ2v) is 5.00. The first-order chi connectivity index (χ1) is 9.74. The lowest BCUT2D eigenvalue weighted by atomic mass is 10.2. The Bertz CT molecular complexity index is 458. The smallest absolute Gasteiger partial charge is 0.370 e. The van der Waals surface area contributed by atoms with E-state index in [4.69, 9.17) is 0 Å². The van der Waals surface area contributed by atoms with E-state index in [2.05, 4.69) is 10.3 Å². The van der Waals surface area contributed by atoms with Gasteiger partial charge in [-0.2, -0.15) is 13.2 Å². The van der Waals surface area contributed by atoms with Crippen molar-refractivity contribution in [1.82, 2.24) is 9.88 Å². The molecule has 0 saturated heterocycles. The van der Waals surface area contributed by atoms with Gasteiger partial charge in [-0.15, -0.1) is 0 Å². The summed E-state index contributed by atoms with van der Waals surface area (Å²) in [4.78, 5) is 17.0. The van der Waals surface area contributed by atoms with E-state index in [0.29, 0.717) is 5.82 Å². The minimum Gasteiger partial charge on any atom is -0.370 e. The average Bonchev–Trinajstić information content (AvgIpc) is 2.41. The number of carbonyl (C=O) groups excluding carboxylic acids is 1. The molecule has 1 rings (SSSR count). The number of carbonyl (C=O) groups is 1. The lowest BCUT2D eigenvalue weighted by Crippen LogP contribution is -2.43. The first kappa shape index (κ1) is 17.3. The van der Waals surface area contributed by atoms with Crippen LogP contribution in [0.1, 0.15) is 37.6 Å². The van der Waals surface area contributed by atoms with E-state index in [1.807, 2.05) is 6.92 Å². The largest absolute Gasteiger partial charge is 0.406 e. The fourth-order valence-electron chi connectivity index (χ4n) is 1.73. The van der Waals surface area contributed by atoms with Crippen LogP contribution in [0, 0.1) is 0 Å². The van der Waals surface area contributed by atoms with Gasteiger partial charge in [0.15, 0.2) is 0 Å². The fraction of sp³-hybridized carbons (Fsp3) is 0.571. The van der Waals surface area contributed by atoms with Gasteiger partial charge in [0.2, 0.25) is 0 Å². The Morgan fingerprint density at radius 3 is 2.48 bits per heavy atom. The zero-order chi connectivity index (χ0) is 16.0. The molecule has 0 atom stereocenters. The van der Waals surface area contributed by atoms with E-state index in [1.54, 1.807) is 19.9 Å². The van der Waals surface area contributed by atoms with Gasteiger partial charge in [0.05, 0.1) is 5.56 Å². The van der Waals surface area contributed by atoms with E-state index in [0.717, 1.165) is 17.9 Å². The van der Waals surface area contributed by atoms with Gasteiger partial charge in [0.25, 0.3) is 5.91 Å². The molecule has 1 N–H and O–H groups in total. The Kier molecular flexibility index (Phi) is 5.99. The molecule has 1 aromatic rings. The zero-order valence-corrected chi connectivity index (χ0v) is 12.4. The molecule has 1 heterocycles. The molecule has 0 aromatic carbocycles. The van der Waals surface area contributed by atoms with Crippen LogP contribution in [0.4, 0.5) is 19.0 Å². The first-order valence-corrected chi connectivity index (χ1v) is 6.82. The van der Waals surface area contributed by atoms with Crippen molar-refractivity contribution in [2.75, 3.05) is 18.4 Å². The molecule has 0 saturated carbocycles. The molecular formula is C14H20F3N3O. The maximum Gasteiger partial charge on any atom is 0.406 e. The van der Waals surface area contributed by atoms with Crippen LogP contribution < -0.4 is 5.32 Å². The number of alkyl halides is 3. The molecule has 1 amide bonds. The van der Waals surface area contributed by atoms with Crippen molar-refractivity contribution in [2.45, 2.75) is 39.4 Å². The summed E-state index contributed by atoms with van der Waals surface area (Å²) in [6, 6.07) is 2.53. The third-order valence-corrected chi connectivity index (χ3v) is 2.80. The third kappa shape index (κ3) is 5.61. The highest BCUT2D eigenvalue weighted by Crippen LogP contribution is 2.20. The van der Waals surface area contributed by atoms with Gasteiger partial charge in [0.1, 0.15) is 12.4 Å². The Balaban J connectivity index is 2.84. The van der Waals surface area contributed by atoms with Crippen molar-refractivity contribution in [3.05, 3.63) is 23.9 Å². The van der Waals surface area contributed by atoms with Crippen molar-refractivity contribution >= 4 is 11.7 Å². The maximum absolute atomic E-state index is 12.5. The van der Waals surface area contributed by atoms with Crippen molar-refractivity contribution in [3.8, 4) is 0 Å². The van der Waals surface area contributed by atoms with Gasteiger partial charge in [0, 0.05) is 18.8 Å². The molecule has 7 heteroatoms. The lowest BCUT2D eigenvalue weighted by Gasteiger charge is -2.27. The van der Waals surface area contributed by atoms with Crippen LogP contribution in [-0.2, 0) is 0 Å². The monoisotopic (exact) mass is 303 g/mol. The summed E-state index contributed by atoms with van der Waals surface area (Å²) >= 11 is 0. The summed E-state index contributed by atoms with van der Waals surface area (Å²) in [6.07, 6.45) is -2.20. The number of hydrogen-bond donors (Lipinski definition) is 1. The summed E-state index contributed by atoms with van der Waals surface area (Å²) in [6.45, 7) is 4.58. The quantitative estimate of drug-likeness (QED) is 0.877. The predicted molar refractivity (Wildman–Crippen MR) is 75.2 cm³/mol. The van der Waals surface area contributed by atoms with Crippen LogP contribution in [-0.4, -0.2) is 41.1 Å². The molecule has 0 fully saturated rings. The standard InChI is InChI=1S/C14H20F3N3O/c1-4-7-18-12-6-5-11(8-19-12)13(21)20(10(2)3)9-14(15,16)17/h5-6,8,10H,4,7,9H2,1-3H3,(H,18,19). The highest BCUT2D eigenvalue weighted by atomic mass is 19.4. The highest BCUT2D eigenvalue weighted by molar-refractivity contribution is 5.94. The molecular weight excluding hydrogens is 283 g/mol. The number of aromatic nitrogens is 1. The van der Waals surface area contributed by atoms with E-state index < -0.39 is 24.7 Å². The average molecular weight is 303 g/mol. The zero-order valence-electron chi connectivity index (χ0n) is 12.4. The molecule has 0 aliphatic carbocycles. The van der Waals surface area contributed by atoms with Crippen LogP contribution >= 0.6 is 0 Å². The Morgan fingerprint density at radius 2 is 2.05 bits per heavy atom. The predicted octanol–water partition coefficient (Wildman–Crippen LogP) is 3.32. The number of halogens is 3. The Labute approximate surface area is 122 Å². The third-order valence-electron chi connectivity index (χ3n) is 2.80. The summed E-state index contributed by atoms with van der Waals surface area (Å²) in [5, 5.41) is 3.03. The molecule has 0 aliphatic heterocycles. The lowest BCUT2D eigenvalue weighted by molar-refractivity contribution is -0.143. The second kappa shape index (κ2) is 7.28. The summed E-state index contributed by atoms with van der Waals surface area (Å²) in [7, 11) is 0. The van der Waals surface area contributed by atoms with Gasteiger partial charge >= 0.3 is 6.18 Å². The molecule has 118 valence electrons. The van der Waals surface area contributed by atoms with E-state index in [9.17, 15) is 18.0 Å². The van der Waals surface area contributed by atoms with Crippen LogP contribution in [0.2, 0.25) is 0 Å². The van der Waals surface area contributed by atoms with Crippen LogP contribution in [0.3, 0.4) is 0 Å². The SMILES string of the molecule is CCCNc1ccc(C(=O)N(CC(F)(F)F)C(C)C)cn1. The molecule has 0 unspecified atom stereocenters. The second-order valence-electron chi connectivity index (χ2n) is 5.00. The number of hydrogen-bond acceptors (Lipinski definition) is 3. The highest BCUT2D eigenvalue weighted by Gasteiger charge is 2.34.